The van der Waals surface area contributed by atoms with E-state index in [1.807, 2.05) is 0 Å². The molecule has 1 heterocycles. The molecule has 0 saturated carbocycles. The van der Waals surface area contributed by atoms with Crippen LogP contribution in [0.15, 0.2) is 36.5 Å². The van der Waals surface area contributed by atoms with Crippen LogP contribution >= 0.6 is 0 Å². The highest BCUT2D eigenvalue weighted by atomic mass is 19.1. The lowest BCUT2D eigenvalue weighted by molar-refractivity contribution is 0.276. The maximum atomic E-state index is 13.3. The summed E-state index contributed by atoms with van der Waals surface area (Å²) in [5, 5.41) is 8.91. The lowest BCUT2D eigenvalue weighted by Gasteiger charge is -2.05. The number of hydrogen-bond donors (Lipinski definition) is 1. The van der Waals surface area contributed by atoms with Gasteiger partial charge < -0.3 is 5.11 Å². The van der Waals surface area contributed by atoms with Gasteiger partial charge in [0, 0.05) is 17.3 Å². The maximum Gasteiger partial charge on any atom is 0.220 e. The highest BCUT2D eigenvalue weighted by molar-refractivity contribution is 5.63. The number of pyridine rings is 1. The van der Waals surface area contributed by atoms with Crippen LogP contribution in [0.1, 0.15) is 5.56 Å². The van der Waals surface area contributed by atoms with Crippen molar-refractivity contribution < 1.29 is 13.9 Å². The number of benzene rings is 1. The number of hydrogen-bond acceptors (Lipinski definition) is 2. The Morgan fingerprint density at radius 1 is 1.19 bits per heavy atom. The summed E-state index contributed by atoms with van der Waals surface area (Å²) in [5.74, 6) is -1.12. The van der Waals surface area contributed by atoms with Gasteiger partial charge in [-0.1, -0.05) is 6.07 Å². The molecule has 2 nitrogen and oxygen atoms in total. The Morgan fingerprint density at radius 3 is 2.69 bits per heavy atom. The second-order valence-electron chi connectivity index (χ2n) is 3.31. The van der Waals surface area contributed by atoms with Gasteiger partial charge in [0.05, 0.1) is 6.61 Å². The summed E-state index contributed by atoms with van der Waals surface area (Å²) in [6.45, 7) is -0.415. The molecule has 0 radical (unpaired) electrons. The first-order valence-corrected chi connectivity index (χ1v) is 4.72. The van der Waals surface area contributed by atoms with Gasteiger partial charge in [0.1, 0.15) is 5.82 Å². The van der Waals surface area contributed by atoms with Crippen molar-refractivity contribution in [3.63, 3.8) is 0 Å². The molecule has 0 saturated heterocycles. The molecule has 1 N–H and O–H groups in total. The summed E-state index contributed by atoms with van der Waals surface area (Å²) in [6, 6.07) is 7.22. The molecule has 2 rings (SSSR count). The van der Waals surface area contributed by atoms with E-state index in [-0.39, 0.29) is 11.1 Å². The van der Waals surface area contributed by atoms with E-state index in [9.17, 15) is 8.78 Å². The van der Waals surface area contributed by atoms with Crippen molar-refractivity contribution in [2.24, 2.45) is 0 Å². The van der Waals surface area contributed by atoms with Gasteiger partial charge in [-0.05, 0) is 29.8 Å². The molecule has 1 aromatic carbocycles. The van der Waals surface area contributed by atoms with Crippen molar-refractivity contribution in [2.75, 3.05) is 0 Å². The molecule has 0 atom stereocenters. The quantitative estimate of drug-likeness (QED) is 0.790. The Hall–Kier alpha value is -1.81. The molecule has 0 fully saturated rings. The zero-order chi connectivity index (χ0) is 11.5. The van der Waals surface area contributed by atoms with E-state index >= 15 is 0 Å². The number of rotatable bonds is 2. The largest absolute Gasteiger partial charge is 0.392 e. The van der Waals surface area contributed by atoms with Crippen LogP contribution < -0.4 is 0 Å². The van der Waals surface area contributed by atoms with E-state index in [2.05, 4.69) is 4.98 Å². The number of aliphatic hydroxyl groups is 1. The van der Waals surface area contributed by atoms with Gasteiger partial charge >= 0.3 is 0 Å². The first kappa shape index (κ1) is 10.7. The van der Waals surface area contributed by atoms with Crippen LogP contribution in [0.3, 0.4) is 0 Å². The molecule has 0 aliphatic heterocycles. The minimum Gasteiger partial charge on any atom is -0.392 e. The van der Waals surface area contributed by atoms with Crippen molar-refractivity contribution in [3.8, 4) is 11.1 Å². The van der Waals surface area contributed by atoms with Crippen molar-refractivity contribution in [1.29, 1.82) is 0 Å². The number of halogens is 2. The molecule has 0 aliphatic carbocycles. The monoisotopic (exact) mass is 221 g/mol. The Kier molecular flexibility index (Phi) is 2.92. The van der Waals surface area contributed by atoms with Crippen LogP contribution in [0.2, 0.25) is 0 Å². The van der Waals surface area contributed by atoms with Gasteiger partial charge in [0.2, 0.25) is 5.95 Å². The molecular weight excluding hydrogens is 212 g/mol. The van der Waals surface area contributed by atoms with E-state index in [0.717, 1.165) is 0 Å². The fraction of sp³-hybridized carbons (Fsp3) is 0.0833. The number of aliphatic hydroxyl groups excluding tert-OH is 1. The second-order valence-corrected chi connectivity index (χ2v) is 3.31. The average Bonchev–Trinajstić information content (AvgIpc) is 2.31. The second kappa shape index (κ2) is 4.37. The summed E-state index contributed by atoms with van der Waals surface area (Å²) in [6.07, 6.45) is 1.34. The van der Waals surface area contributed by atoms with Gasteiger partial charge in [-0.15, -0.1) is 0 Å². The number of nitrogens with zero attached hydrogens (tertiary/aromatic N) is 1. The van der Waals surface area contributed by atoms with E-state index in [1.54, 1.807) is 12.1 Å². The van der Waals surface area contributed by atoms with Crippen molar-refractivity contribution in [1.82, 2.24) is 4.98 Å². The van der Waals surface area contributed by atoms with Gasteiger partial charge in [-0.2, -0.15) is 4.39 Å². The maximum absolute atomic E-state index is 13.3. The van der Waals surface area contributed by atoms with Gasteiger partial charge in [0.15, 0.2) is 0 Å². The lowest BCUT2D eigenvalue weighted by Crippen LogP contribution is -1.93. The molecule has 0 amide bonds. The Labute approximate surface area is 91.2 Å². The van der Waals surface area contributed by atoms with Crippen LogP contribution in [0.5, 0.6) is 0 Å². The minimum absolute atomic E-state index is 0.140. The predicted octanol–water partition coefficient (Wildman–Crippen LogP) is 2.52. The number of aromatic nitrogens is 1. The molecule has 16 heavy (non-hydrogen) atoms. The van der Waals surface area contributed by atoms with Crippen LogP contribution in [0.4, 0.5) is 8.78 Å². The zero-order valence-electron chi connectivity index (χ0n) is 8.32. The summed E-state index contributed by atoms with van der Waals surface area (Å²) in [7, 11) is 0. The highest BCUT2D eigenvalue weighted by Crippen LogP contribution is 2.23. The highest BCUT2D eigenvalue weighted by Gasteiger charge is 2.08. The summed E-state index contributed by atoms with van der Waals surface area (Å²) < 4.78 is 26.5. The topological polar surface area (TPSA) is 33.1 Å². The molecule has 4 heteroatoms. The summed E-state index contributed by atoms with van der Waals surface area (Å²) in [4.78, 5) is 3.51. The van der Waals surface area contributed by atoms with Crippen molar-refractivity contribution in [2.45, 2.75) is 6.61 Å². The summed E-state index contributed by atoms with van der Waals surface area (Å²) >= 11 is 0. The average molecular weight is 221 g/mol. The van der Waals surface area contributed by atoms with Crippen molar-refractivity contribution >= 4 is 0 Å². The Bertz CT molecular complexity index is 514. The lowest BCUT2D eigenvalue weighted by atomic mass is 10.0. The van der Waals surface area contributed by atoms with Crippen LogP contribution in [-0.4, -0.2) is 10.1 Å². The SMILES string of the molecule is OCc1cc(-c2cccnc2F)ccc1F. The first-order chi connectivity index (χ1) is 7.72. The van der Waals surface area contributed by atoms with Crippen LogP contribution in [-0.2, 0) is 6.61 Å². The first-order valence-electron chi connectivity index (χ1n) is 4.72. The van der Waals surface area contributed by atoms with Crippen LogP contribution in [0, 0.1) is 11.8 Å². The van der Waals surface area contributed by atoms with E-state index in [0.29, 0.717) is 5.56 Å². The van der Waals surface area contributed by atoms with E-state index < -0.39 is 18.4 Å². The normalized spacial score (nSPS) is 10.4. The molecule has 82 valence electrons. The molecule has 0 spiro atoms. The van der Waals surface area contributed by atoms with Gasteiger partial charge in [-0.25, -0.2) is 9.37 Å². The van der Waals surface area contributed by atoms with Crippen LogP contribution in [0.25, 0.3) is 11.1 Å². The van der Waals surface area contributed by atoms with Gasteiger partial charge in [0.25, 0.3) is 0 Å². The molecule has 2 aromatic rings. The molecule has 0 unspecified atom stereocenters. The zero-order valence-corrected chi connectivity index (χ0v) is 8.32. The third kappa shape index (κ3) is 1.92. The Balaban J connectivity index is 2.53. The standard InChI is InChI=1S/C12H9F2NO/c13-11-4-3-8(6-9(11)7-16)10-2-1-5-15-12(10)14/h1-6,16H,7H2. The molecule has 1 aromatic heterocycles. The smallest absolute Gasteiger partial charge is 0.220 e. The summed E-state index contributed by atoms with van der Waals surface area (Å²) in [5.41, 5.74) is 0.925. The van der Waals surface area contributed by atoms with Crippen molar-refractivity contribution in [3.05, 3.63) is 53.9 Å². The van der Waals surface area contributed by atoms with E-state index in [4.69, 9.17) is 5.11 Å². The fourth-order valence-electron chi connectivity index (χ4n) is 1.46. The molecular formula is C12H9F2NO. The third-order valence-electron chi connectivity index (χ3n) is 2.29. The molecule has 0 bridgehead atoms. The van der Waals surface area contributed by atoms with Gasteiger partial charge in [-0.3, -0.25) is 0 Å². The Morgan fingerprint density at radius 2 is 2.00 bits per heavy atom. The fourth-order valence-corrected chi connectivity index (χ4v) is 1.46. The third-order valence-corrected chi connectivity index (χ3v) is 2.29. The minimum atomic E-state index is -0.613. The predicted molar refractivity (Wildman–Crippen MR) is 55.5 cm³/mol. The van der Waals surface area contributed by atoms with E-state index in [1.165, 1.54) is 24.4 Å². The molecule has 0 aliphatic rings.